The number of phenolic OH excluding ortho intramolecular Hbond substituents is 2. The number of thioether (sulfide) groups is 2. The minimum Gasteiger partial charge on any atom is -0.507 e. The molecular weight excluding hydrogens is 972 g/mol. The van der Waals surface area contributed by atoms with Crippen LogP contribution < -0.4 is 25.4 Å². The second-order valence-electron chi connectivity index (χ2n) is 15.9. The molecule has 0 spiro atoms. The van der Waals surface area contributed by atoms with E-state index in [-0.39, 0.29) is 117 Å². The topological polar surface area (TPSA) is 186 Å². The van der Waals surface area contributed by atoms with Crippen molar-refractivity contribution in [3.63, 3.8) is 0 Å². The van der Waals surface area contributed by atoms with Crippen molar-refractivity contribution in [1.29, 1.82) is 5.26 Å². The predicted molar refractivity (Wildman–Crippen MR) is 204 cm³/mol. The van der Waals surface area contributed by atoms with E-state index in [2.05, 4.69) is 37.9 Å². The van der Waals surface area contributed by atoms with Crippen molar-refractivity contribution in [2.75, 3.05) is 32.0 Å². The number of nitrogens with zero attached hydrogens (tertiary/aromatic N) is 3. The molecule has 8 aliphatic heterocycles. The largest absolute Gasteiger partial charge is 0.507 e. The Balaban J connectivity index is 0.00000441. The molecule has 56 heavy (non-hydrogen) atoms. The Hall–Kier alpha value is -2.60. The minimum absolute atomic E-state index is 0. The first-order valence-corrected chi connectivity index (χ1v) is 21.2. The Morgan fingerprint density at radius 3 is 2.57 bits per heavy atom. The third kappa shape index (κ3) is 6.35. The molecule has 2 aromatic rings. The number of piperazine rings is 1. The fraction of sp³-hybridized carbons (Fsp3) is 0.590. The molecule has 10 atom stereocenters. The quantitative estimate of drug-likeness (QED) is 0.161. The van der Waals surface area contributed by atoms with Crippen molar-refractivity contribution in [3.8, 4) is 29.1 Å². The van der Waals surface area contributed by atoms with Gasteiger partial charge in [-0.1, -0.05) is 12.5 Å². The predicted octanol–water partition coefficient (Wildman–Crippen LogP) is 3.52. The van der Waals surface area contributed by atoms with Gasteiger partial charge in [-0.2, -0.15) is 17.0 Å². The Bertz CT molecular complexity index is 2030. The van der Waals surface area contributed by atoms with E-state index in [0.717, 1.165) is 40.8 Å². The second-order valence-corrected chi connectivity index (χ2v) is 18.3. The summed E-state index contributed by atoms with van der Waals surface area (Å²) >= 11 is 3.28. The number of likely N-dealkylation sites (N-methyl/N-ethyl adjacent to an activating group) is 1. The summed E-state index contributed by atoms with van der Waals surface area (Å²) < 4.78 is 18.1. The van der Waals surface area contributed by atoms with Crippen LogP contribution in [-0.4, -0.2) is 111 Å². The van der Waals surface area contributed by atoms with E-state index >= 15 is 0 Å². The number of hydrogen-bond acceptors (Lipinski definition) is 13. The third-order valence-electron chi connectivity index (χ3n) is 13.0. The maximum Gasteiger partial charge on any atom is 0.329 e. The van der Waals surface area contributed by atoms with Crippen LogP contribution in [0.1, 0.15) is 82.0 Å². The van der Waals surface area contributed by atoms with E-state index in [1.807, 2.05) is 32.7 Å². The molecule has 0 aromatic heterocycles. The number of fused-ring (bicyclic) bond motifs is 11. The number of carbonyl (C=O) groups excluding carboxylic acids is 3. The number of unbranched alkanes of at least 4 members (excludes halogenated alkanes) is 1. The number of urea groups is 1. The third-order valence-corrected chi connectivity index (χ3v) is 15.9. The van der Waals surface area contributed by atoms with Crippen molar-refractivity contribution < 1.29 is 82.9 Å². The van der Waals surface area contributed by atoms with Crippen LogP contribution in [0.3, 0.4) is 0 Å². The van der Waals surface area contributed by atoms with Crippen LogP contribution in [0.4, 0.5) is 4.79 Å². The molecule has 8 heterocycles. The smallest absolute Gasteiger partial charge is 0.329 e. The monoisotopic (exact) mass is 1020 g/mol. The van der Waals surface area contributed by atoms with Gasteiger partial charge >= 0.3 is 12.0 Å². The van der Waals surface area contributed by atoms with Crippen molar-refractivity contribution in [2.45, 2.75) is 112 Å². The number of aromatic hydroxyl groups is 2. The van der Waals surface area contributed by atoms with Gasteiger partial charge in [-0.25, -0.2) is 9.59 Å². The van der Waals surface area contributed by atoms with E-state index in [9.17, 15) is 29.9 Å². The van der Waals surface area contributed by atoms with Crippen LogP contribution in [-0.2, 0) is 20.7 Å². The zero-order chi connectivity index (χ0) is 38.4. The van der Waals surface area contributed by atoms with Crippen molar-refractivity contribution in [2.24, 2.45) is 0 Å². The van der Waals surface area contributed by atoms with Gasteiger partial charge < -0.3 is 40.4 Å². The number of nitrogens with one attached hydrogen (secondary N) is 3. The Labute approximate surface area is 370 Å². The van der Waals surface area contributed by atoms with Gasteiger partial charge in [-0.05, 0) is 63.8 Å². The molecule has 17 heteroatoms. The average Bonchev–Trinajstić information content (AvgIpc) is 3.89. The summed E-state index contributed by atoms with van der Waals surface area (Å²) in [6.07, 6.45) is 3.12. The first-order valence-electron chi connectivity index (χ1n) is 19.1. The average molecular weight is 1020 g/mol. The van der Waals surface area contributed by atoms with Gasteiger partial charge in [0.25, 0.3) is 0 Å². The standard InChI is InChI=1S/C39H46N6O8S2.Ac/c1-16-9-19-10-22-23(11-40)45-24-12-51-38(49)21(41-26(46)8-6-5-7-25-30-20(13-54-25)42-39(50)43-30)14-55-37(32(45)31(44(22)4)27(19)33(47)17(16)2)29-28(24)36-35(52-15-53-36)18(3)34(29)48;/h9,20-25,30-32,37,47-48H,5-8,10,12-15H2,1-4H3,(H,41,46)(H2,42,43,50);/t20?,21-,22-,23-,24-,25?,30?,31+,32?,37+;/m0./s1. The molecule has 4 bridgehead atoms. The summed E-state index contributed by atoms with van der Waals surface area (Å²) in [6.45, 7) is 5.51. The summed E-state index contributed by atoms with van der Waals surface area (Å²) in [5.74, 6) is 1.43. The van der Waals surface area contributed by atoms with E-state index in [1.165, 1.54) is 11.8 Å². The van der Waals surface area contributed by atoms with Crippen LogP contribution in [0, 0.1) is 76.2 Å². The molecule has 0 saturated carbocycles. The van der Waals surface area contributed by atoms with Gasteiger partial charge in [0.05, 0.1) is 35.5 Å². The van der Waals surface area contributed by atoms with Gasteiger partial charge in [-0.15, -0.1) is 11.8 Å². The fourth-order valence-electron chi connectivity index (χ4n) is 10.2. The number of benzene rings is 2. The van der Waals surface area contributed by atoms with Gasteiger partial charge in [0.2, 0.25) is 12.7 Å². The molecule has 8 aliphatic rings. The van der Waals surface area contributed by atoms with Crippen LogP contribution >= 0.6 is 23.5 Å². The number of aryl methyl sites for hydroxylation is 1. The number of rotatable bonds is 6. The van der Waals surface area contributed by atoms with Gasteiger partial charge in [0, 0.05) is 102 Å². The SMILES string of the molecule is Cc1cc2c(c(O)c1C)[C@@H]1C3[C@@H]4SC[C@H](NC(=O)CCCCC5SCC6NC(=O)NC65)C(=O)OC[C@@H](c5c6c(c(C)c(O)c54)OCO6)N3[C@@H](C#N)[C@H](C2)N1C.[Ac]. The van der Waals surface area contributed by atoms with Gasteiger partial charge in [0.15, 0.2) is 11.5 Å². The molecule has 4 fully saturated rings. The Morgan fingerprint density at radius 2 is 1.79 bits per heavy atom. The number of ether oxygens (including phenoxy) is 3. The van der Waals surface area contributed by atoms with Gasteiger partial charge in [0.1, 0.15) is 30.2 Å². The van der Waals surface area contributed by atoms with Crippen molar-refractivity contribution >= 4 is 41.4 Å². The van der Waals surface area contributed by atoms with Crippen LogP contribution in [0.5, 0.6) is 23.0 Å². The molecule has 3 amide bonds. The molecule has 295 valence electrons. The van der Waals surface area contributed by atoms with E-state index in [4.69, 9.17) is 14.2 Å². The molecule has 10 rings (SSSR count). The number of nitriles is 1. The Kier molecular flexibility index (Phi) is 11.2. The Morgan fingerprint density at radius 1 is 1.02 bits per heavy atom. The first kappa shape index (κ1) is 40.2. The zero-order valence-corrected chi connectivity index (χ0v) is 38.2. The number of esters is 1. The van der Waals surface area contributed by atoms with Crippen LogP contribution in [0.25, 0.3) is 0 Å². The first-order chi connectivity index (χ1) is 26.5. The number of amides is 3. The van der Waals surface area contributed by atoms with Crippen molar-refractivity contribution in [3.05, 3.63) is 45.0 Å². The summed E-state index contributed by atoms with van der Waals surface area (Å²) in [5.41, 5.74) is 5.42. The zero-order valence-electron chi connectivity index (χ0n) is 31.8. The molecule has 14 nitrogen and oxygen atoms in total. The fourth-order valence-corrected chi connectivity index (χ4v) is 13.3. The molecule has 2 aromatic carbocycles. The number of hydrogen-bond donors (Lipinski definition) is 5. The number of phenols is 2. The van der Waals surface area contributed by atoms with Crippen molar-refractivity contribution in [1.82, 2.24) is 25.8 Å². The molecule has 0 aliphatic carbocycles. The van der Waals surface area contributed by atoms with Crippen LogP contribution in [0.15, 0.2) is 6.07 Å². The van der Waals surface area contributed by atoms with Gasteiger partial charge in [-0.3, -0.25) is 14.6 Å². The maximum absolute atomic E-state index is 13.9. The molecule has 4 saturated heterocycles. The molecule has 1 radical (unpaired) electrons. The van der Waals surface area contributed by atoms with Crippen LogP contribution in [0.2, 0.25) is 0 Å². The molecule has 4 unspecified atom stereocenters. The second kappa shape index (κ2) is 15.5. The maximum atomic E-state index is 13.9. The number of carbonyl (C=O) groups is 3. The normalized spacial score (nSPS) is 32.4. The minimum atomic E-state index is -0.949. The summed E-state index contributed by atoms with van der Waals surface area (Å²) in [6, 6.07) is 1.55. The van der Waals surface area contributed by atoms with E-state index < -0.39 is 35.4 Å². The van der Waals surface area contributed by atoms with E-state index in [0.29, 0.717) is 46.3 Å². The molecule has 5 N–H and O–H groups in total. The molecular formula is C39H46AcN6O8S2. The van der Waals surface area contributed by atoms with E-state index in [1.54, 1.807) is 6.92 Å². The summed E-state index contributed by atoms with van der Waals surface area (Å²) in [7, 11) is 2.00. The summed E-state index contributed by atoms with van der Waals surface area (Å²) in [5, 5.41) is 43.6. The summed E-state index contributed by atoms with van der Waals surface area (Å²) in [4.78, 5) is 43.4.